The van der Waals surface area contributed by atoms with Crippen molar-refractivity contribution in [2.45, 2.75) is 19.4 Å². The Kier molecular flexibility index (Phi) is 2.90. The van der Waals surface area contributed by atoms with Crippen molar-refractivity contribution in [3.8, 4) is 0 Å². The van der Waals surface area contributed by atoms with Gasteiger partial charge in [-0.05, 0) is 25.5 Å². The molecule has 1 fully saturated rings. The predicted molar refractivity (Wildman–Crippen MR) is 60.1 cm³/mol. The minimum atomic E-state index is -0.381. The second-order valence-electron chi connectivity index (χ2n) is 3.98. The van der Waals surface area contributed by atoms with E-state index in [0.29, 0.717) is 18.5 Å². The van der Waals surface area contributed by atoms with Gasteiger partial charge in [0, 0.05) is 12.1 Å². The first kappa shape index (κ1) is 10.7. The van der Waals surface area contributed by atoms with Crippen LogP contribution in [0.1, 0.15) is 22.3 Å². The van der Waals surface area contributed by atoms with E-state index in [4.69, 9.17) is 0 Å². The maximum Gasteiger partial charge on any atom is 0.251 e. The molecule has 1 heterocycles. The molecule has 1 aliphatic heterocycles. The summed E-state index contributed by atoms with van der Waals surface area (Å²) in [6, 6.07) is 6.93. The van der Waals surface area contributed by atoms with E-state index in [2.05, 4.69) is 10.6 Å². The Morgan fingerprint density at radius 3 is 2.94 bits per heavy atom. The van der Waals surface area contributed by atoms with Crippen LogP contribution in [0.15, 0.2) is 24.3 Å². The Morgan fingerprint density at radius 1 is 1.50 bits per heavy atom. The number of carbonyl (C=O) groups is 2. The first-order valence-electron chi connectivity index (χ1n) is 5.32. The molecular weight excluding hydrogens is 204 g/mol. The van der Waals surface area contributed by atoms with Crippen LogP contribution in [-0.4, -0.2) is 24.4 Å². The van der Waals surface area contributed by atoms with Crippen LogP contribution in [0.3, 0.4) is 0 Å². The first-order chi connectivity index (χ1) is 7.66. The summed E-state index contributed by atoms with van der Waals surface area (Å²) in [4.78, 5) is 23.1. The summed E-state index contributed by atoms with van der Waals surface area (Å²) in [6.45, 7) is 2.57. The standard InChI is InChI=1S/C12H14N2O2/c1-8-3-2-4-9(7-8)11(15)14-10-5-6-13-12(10)16/h2-4,7,10H,5-6H2,1H3,(H,13,16)(H,14,15). The molecule has 4 heteroatoms. The van der Waals surface area contributed by atoms with E-state index in [1.165, 1.54) is 0 Å². The highest BCUT2D eigenvalue weighted by Gasteiger charge is 2.25. The van der Waals surface area contributed by atoms with E-state index < -0.39 is 0 Å². The molecule has 0 bridgehead atoms. The summed E-state index contributed by atoms with van der Waals surface area (Å²) in [5, 5.41) is 5.41. The predicted octanol–water partition coefficient (Wildman–Crippen LogP) is 0.613. The van der Waals surface area contributed by atoms with Crippen LogP contribution in [-0.2, 0) is 4.79 Å². The fourth-order valence-electron chi connectivity index (χ4n) is 1.76. The van der Waals surface area contributed by atoms with E-state index >= 15 is 0 Å². The van der Waals surface area contributed by atoms with Gasteiger partial charge in [0.05, 0.1) is 0 Å². The van der Waals surface area contributed by atoms with E-state index in [9.17, 15) is 9.59 Å². The summed E-state index contributed by atoms with van der Waals surface area (Å²) < 4.78 is 0. The number of aryl methyl sites for hydroxylation is 1. The van der Waals surface area contributed by atoms with Crippen LogP contribution in [0.4, 0.5) is 0 Å². The maximum absolute atomic E-state index is 11.8. The summed E-state index contributed by atoms with van der Waals surface area (Å²) >= 11 is 0. The van der Waals surface area contributed by atoms with Crippen molar-refractivity contribution >= 4 is 11.8 Å². The zero-order valence-corrected chi connectivity index (χ0v) is 9.12. The molecule has 2 rings (SSSR count). The Hall–Kier alpha value is -1.84. The van der Waals surface area contributed by atoms with E-state index in [-0.39, 0.29) is 17.9 Å². The maximum atomic E-state index is 11.8. The van der Waals surface area contributed by atoms with Gasteiger partial charge in [-0.1, -0.05) is 17.7 Å². The van der Waals surface area contributed by atoms with Gasteiger partial charge in [0.25, 0.3) is 5.91 Å². The third-order valence-electron chi connectivity index (χ3n) is 2.63. The van der Waals surface area contributed by atoms with Gasteiger partial charge in [-0.15, -0.1) is 0 Å². The van der Waals surface area contributed by atoms with E-state index in [0.717, 1.165) is 5.56 Å². The Bertz CT molecular complexity index is 429. The van der Waals surface area contributed by atoms with Crippen LogP contribution in [0.2, 0.25) is 0 Å². The average Bonchev–Trinajstić information content (AvgIpc) is 2.64. The lowest BCUT2D eigenvalue weighted by molar-refractivity contribution is -0.120. The molecule has 2 N–H and O–H groups in total. The number of hydrogen-bond acceptors (Lipinski definition) is 2. The number of hydrogen-bond donors (Lipinski definition) is 2. The number of carbonyl (C=O) groups excluding carboxylic acids is 2. The lowest BCUT2D eigenvalue weighted by Crippen LogP contribution is -2.40. The third kappa shape index (κ3) is 2.21. The molecule has 84 valence electrons. The summed E-state index contributed by atoms with van der Waals surface area (Å²) in [6.07, 6.45) is 0.663. The SMILES string of the molecule is Cc1cccc(C(=O)NC2CCNC2=O)c1. The normalized spacial score (nSPS) is 19.3. The Morgan fingerprint density at radius 2 is 2.31 bits per heavy atom. The number of benzene rings is 1. The van der Waals surface area contributed by atoms with Gasteiger partial charge in [0.15, 0.2) is 0 Å². The average molecular weight is 218 g/mol. The second-order valence-corrected chi connectivity index (χ2v) is 3.98. The van der Waals surface area contributed by atoms with Gasteiger partial charge < -0.3 is 10.6 Å². The molecule has 1 aromatic rings. The molecule has 1 saturated heterocycles. The molecule has 0 radical (unpaired) electrons. The Labute approximate surface area is 94.0 Å². The number of rotatable bonds is 2. The van der Waals surface area contributed by atoms with Gasteiger partial charge in [-0.2, -0.15) is 0 Å². The minimum Gasteiger partial charge on any atom is -0.354 e. The van der Waals surface area contributed by atoms with Crippen LogP contribution in [0.25, 0.3) is 0 Å². The minimum absolute atomic E-state index is 0.0963. The summed E-state index contributed by atoms with van der Waals surface area (Å²) in [5.74, 6) is -0.285. The molecule has 0 aromatic heterocycles. The van der Waals surface area contributed by atoms with Crippen molar-refractivity contribution in [3.63, 3.8) is 0 Å². The van der Waals surface area contributed by atoms with Crippen LogP contribution >= 0.6 is 0 Å². The van der Waals surface area contributed by atoms with Crippen LogP contribution in [0, 0.1) is 6.92 Å². The molecule has 1 unspecified atom stereocenters. The van der Waals surface area contributed by atoms with Gasteiger partial charge in [0.2, 0.25) is 5.91 Å². The number of amides is 2. The third-order valence-corrected chi connectivity index (χ3v) is 2.63. The molecule has 0 aliphatic carbocycles. The molecule has 16 heavy (non-hydrogen) atoms. The van der Waals surface area contributed by atoms with Gasteiger partial charge in [-0.25, -0.2) is 0 Å². The summed E-state index contributed by atoms with van der Waals surface area (Å²) in [5.41, 5.74) is 1.63. The monoisotopic (exact) mass is 218 g/mol. The van der Waals surface area contributed by atoms with Crippen molar-refractivity contribution in [2.75, 3.05) is 6.54 Å². The molecule has 1 aromatic carbocycles. The van der Waals surface area contributed by atoms with Crippen LogP contribution in [0.5, 0.6) is 0 Å². The zero-order chi connectivity index (χ0) is 11.5. The highest BCUT2D eigenvalue weighted by molar-refractivity contribution is 5.98. The van der Waals surface area contributed by atoms with Gasteiger partial charge >= 0.3 is 0 Å². The topological polar surface area (TPSA) is 58.2 Å². The molecule has 1 atom stereocenters. The Balaban J connectivity index is 2.05. The zero-order valence-electron chi connectivity index (χ0n) is 9.12. The largest absolute Gasteiger partial charge is 0.354 e. The fourth-order valence-corrected chi connectivity index (χ4v) is 1.76. The molecule has 2 amide bonds. The summed E-state index contributed by atoms with van der Waals surface area (Å²) in [7, 11) is 0. The van der Waals surface area contributed by atoms with E-state index in [1.807, 2.05) is 25.1 Å². The molecular formula is C12H14N2O2. The highest BCUT2D eigenvalue weighted by atomic mass is 16.2. The molecule has 0 saturated carbocycles. The second kappa shape index (κ2) is 4.35. The van der Waals surface area contributed by atoms with Gasteiger partial charge in [-0.3, -0.25) is 9.59 Å². The highest BCUT2D eigenvalue weighted by Crippen LogP contribution is 2.06. The lowest BCUT2D eigenvalue weighted by atomic mass is 10.1. The van der Waals surface area contributed by atoms with Gasteiger partial charge in [0.1, 0.15) is 6.04 Å². The van der Waals surface area contributed by atoms with Crippen molar-refractivity contribution < 1.29 is 9.59 Å². The lowest BCUT2D eigenvalue weighted by Gasteiger charge is -2.10. The smallest absolute Gasteiger partial charge is 0.251 e. The molecule has 4 nitrogen and oxygen atoms in total. The quantitative estimate of drug-likeness (QED) is 0.764. The fraction of sp³-hybridized carbons (Fsp3) is 0.333. The van der Waals surface area contributed by atoms with E-state index in [1.54, 1.807) is 6.07 Å². The molecule has 1 aliphatic rings. The van der Waals surface area contributed by atoms with Crippen LogP contribution < -0.4 is 10.6 Å². The van der Waals surface area contributed by atoms with Crippen molar-refractivity contribution in [1.82, 2.24) is 10.6 Å². The van der Waals surface area contributed by atoms with Crippen molar-refractivity contribution in [3.05, 3.63) is 35.4 Å². The van der Waals surface area contributed by atoms with Crippen molar-refractivity contribution in [2.24, 2.45) is 0 Å². The first-order valence-corrected chi connectivity index (χ1v) is 5.32. The van der Waals surface area contributed by atoms with Crippen molar-refractivity contribution in [1.29, 1.82) is 0 Å². The number of nitrogens with one attached hydrogen (secondary N) is 2. The molecule has 0 spiro atoms.